The number of benzene rings is 1. The zero-order valence-electron chi connectivity index (χ0n) is 8.45. The van der Waals surface area contributed by atoms with Crippen molar-refractivity contribution >= 4 is 10.9 Å². The van der Waals surface area contributed by atoms with Crippen LogP contribution >= 0.6 is 0 Å². The molecule has 1 aromatic carbocycles. The fourth-order valence-electron chi connectivity index (χ4n) is 1.61. The second kappa shape index (κ2) is 3.66. The third kappa shape index (κ3) is 1.43. The first-order chi connectivity index (χ1) is 6.83. The van der Waals surface area contributed by atoms with Crippen molar-refractivity contribution in [3.8, 4) is 5.75 Å². The van der Waals surface area contributed by atoms with Crippen LogP contribution in [-0.4, -0.2) is 11.6 Å². The van der Waals surface area contributed by atoms with Crippen LogP contribution in [0, 0.1) is 6.92 Å². The Morgan fingerprint density at radius 2 is 2.14 bits per heavy atom. The average Bonchev–Trinajstić information content (AvgIpc) is 2.19. The lowest BCUT2D eigenvalue weighted by Gasteiger charge is -2.08. The molecule has 2 aromatic rings. The van der Waals surface area contributed by atoms with E-state index in [9.17, 15) is 0 Å². The van der Waals surface area contributed by atoms with E-state index in [0.29, 0.717) is 6.61 Å². The summed E-state index contributed by atoms with van der Waals surface area (Å²) in [6.07, 6.45) is 1.83. The van der Waals surface area contributed by atoms with E-state index >= 15 is 0 Å². The second-order valence-corrected chi connectivity index (χ2v) is 3.21. The first kappa shape index (κ1) is 9.00. The average molecular weight is 187 g/mol. The van der Waals surface area contributed by atoms with Gasteiger partial charge in [-0.15, -0.1) is 0 Å². The number of pyridine rings is 1. The predicted molar refractivity (Wildman–Crippen MR) is 57.6 cm³/mol. The number of nitrogens with zero attached hydrogens (tertiary/aromatic N) is 1. The first-order valence-electron chi connectivity index (χ1n) is 4.80. The van der Waals surface area contributed by atoms with Gasteiger partial charge in [-0.2, -0.15) is 0 Å². The topological polar surface area (TPSA) is 22.1 Å². The highest BCUT2D eigenvalue weighted by Gasteiger charge is 2.04. The Balaban J connectivity index is 2.71. The van der Waals surface area contributed by atoms with Crippen LogP contribution in [0.4, 0.5) is 0 Å². The largest absolute Gasteiger partial charge is 0.493 e. The van der Waals surface area contributed by atoms with E-state index < -0.39 is 0 Å². The molecule has 0 aliphatic carbocycles. The summed E-state index contributed by atoms with van der Waals surface area (Å²) in [7, 11) is 0. The maximum absolute atomic E-state index is 5.56. The molecule has 1 heterocycles. The Labute approximate surface area is 83.5 Å². The van der Waals surface area contributed by atoms with Gasteiger partial charge >= 0.3 is 0 Å². The molecule has 0 radical (unpaired) electrons. The molecule has 72 valence electrons. The Bertz CT molecular complexity index is 446. The van der Waals surface area contributed by atoms with Gasteiger partial charge in [-0.25, -0.2) is 0 Å². The number of aromatic nitrogens is 1. The van der Waals surface area contributed by atoms with E-state index in [2.05, 4.69) is 11.9 Å². The van der Waals surface area contributed by atoms with Crippen molar-refractivity contribution in [2.45, 2.75) is 13.8 Å². The molecule has 0 spiro atoms. The summed E-state index contributed by atoms with van der Waals surface area (Å²) in [5.41, 5.74) is 2.20. The summed E-state index contributed by atoms with van der Waals surface area (Å²) >= 11 is 0. The summed E-state index contributed by atoms with van der Waals surface area (Å²) < 4.78 is 5.56. The van der Waals surface area contributed by atoms with Gasteiger partial charge in [0, 0.05) is 11.6 Å². The van der Waals surface area contributed by atoms with Crippen molar-refractivity contribution < 1.29 is 4.74 Å². The second-order valence-electron chi connectivity index (χ2n) is 3.21. The molecule has 0 saturated heterocycles. The van der Waals surface area contributed by atoms with E-state index in [1.165, 1.54) is 5.56 Å². The van der Waals surface area contributed by atoms with Crippen LogP contribution in [0.3, 0.4) is 0 Å². The highest BCUT2D eigenvalue weighted by atomic mass is 16.5. The lowest BCUT2D eigenvalue weighted by atomic mass is 10.1. The number of rotatable bonds is 2. The smallest absolute Gasteiger partial charge is 0.128 e. The van der Waals surface area contributed by atoms with E-state index in [-0.39, 0.29) is 0 Å². The normalized spacial score (nSPS) is 10.4. The fourth-order valence-corrected chi connectivity index (χ4v) is 1.61. The molecule has 1 aromatic heterocycles. The summed E-state index contributed by atoms with van der Waals surface area (Å²) in [5, 5.41) is 1.12. The molecular formula is C12H13NO. The van der Waals surface area contributed by atoms with Crippen LogP contribution < -0.4 is 4.74 Å². The summed E-state index contributed by atoms with van der Waals surface area (Å²) in [6.45, 7) is 4.75. The molecule has 0 aliphatic heterocycles. The molecule has 0 bridgehead atoms. The molecule has 2 rings (SSSR count). The molecule has 0 aliphatic rings. The minimum absolute atomic E-state index is 0.688. The number of fused-ring (bicyclic) bond motifs is 1. The molecule has 0 saturated carbocycles. The van der Waals surface area contributed by atoms with Crippen LogP contribution in [0.2, 0.25) is 0 Å². The van der Waals surface area contributed by atoms with Gasteiger partial charge in [-0.05, 0) is 37.6 Å². The quantitative estimate of drug-likeness (QED) is 0.721. The van der Waals surface area contributed by atoms with Crippen LogP contribution in [-0.2, 0) is 0 Å². The summed E-state index contributed by atoms with van der Waals surface area (Å²) in [5.74, 6) is 0.926. The minimum Gasteiger partial charge on any atom is -0.493 e. The molecule has 0 N–H and O–H groups in total. The standard InChI is InChI=1S/C12H13NO/c1-3-14-11-6-4-5-10-12(11)9(2)7-8-13-10/h4-8H,3H2,1-2H3. The first-order valence-corrected chi connectivity index (χ1v) is 4.80. The van der Waals surface area contributed by atoms with E-state index in [1.54, 1.807) is 0 Å². The number of aryl methyl sites for hydroxylation is 1. The van der Waals surface area contributed by atoms with Crippen molar-refractivity contribution in [2.24, 2.45) is 0 Å². The summed E-state index contributed by atoms with van der Waals surface area (Å²) in [4.78, 5) is 4.30. The van der Waals surface area contributed by atoms with Gasteiger partial charge in [-0.1, -0.05) is 6.07 Å². The maximum Gasteiger partial charge on any atom is 0.128 e. The van der Waals surface area contributed by atoms with Gasteiger partial charge in [0.05, 0.1) is 12.1 Å². The third-order valence-electron chi connectivity index (χ3n) is 2.24. The molecule has 0 amide bonds. The van der Waals surface area contributed by atoms with Gasteiger partial charge in [0.25, 0.3) is 0 Å². The molecule has 0 atom stereocenters. The third-order valence-corrected chi connectivity index (χ3v) is 2.24. The zero-order valence-corrected chi connectivity index (χ0v) is 8.45. The lowest BCUT2D eigenvalue weighted by Crippen LogP contribution is -1.94. The highest BCUT2D eigenvalue weighted by molar-refractivity contribution is 5.87. The van der Waals surface area contributed by atoms with Gasteiger partial charge in [0.1, 0.15) is 5.75 Å². The van der Waals surface area contributed by atoms with E-state index in [0.717, 1.165) is 16.7 Å². The van der Waals surface area contributed by atoms with Crippen LogP contribution in [0.5, 0.6) is 5.75 Å². The molecule has 2 heteroatoms. The number of ether oxygens (including phenoxy) is 1. The van der Waals surface area contributed by atoms with Crippen molar-refractivity contribution in [3.05, 3.63) is 36.0 Å². The molecular weight excluding hydrogens is 174 g/mol. The van der Waals surface area contributed by atoms with Gasteiger partial charge in [0.15, 0.2) is 0 Å². The SMILES string of the molecule is CCOc1cccc2nccc(C)c12. The Hall–Kier alpha value is -1.57. The van der Waals surface area contributed by atoms with Crippen LogP contribution in [0.25, 0.3) is 10.9 Å². The highest BCUT2D eigenvalue weighted by Crippen LogP contribution is 2.26. The molecule has 2 nitrogen and oxygen atoms in total. The van der Waals surface area contributed by atoms with E-state index in [1.807, 2.05) is 37.4 Å². The van der Waals surface area contributed by atoms with Crippen LogP contribution in [0.15, 0.2) is 30.5 Å². The Morgan fingerprint density at radius 3 is 2.93 bits per heavy atom. The van der Waals surface area contributed by atoms with Gasteiger partial charge < -0.3 is 4.74 Å². The monoisotopic (exact) mass is 187 g/mol. The number of hydrogen-bond donors (Lipinski definition) is 0. The Morgan fingerprint density at radius 1 is 1.29 bits per heavy atom. The van der Waals surface area contributed by atoms with Gasteiger partial charge in [-0.3, -0.25) is 4.98 Å². The zero-order chi connectivity index (χ0) is 9.97. The van der Waals surface area contributed by atoms with Crippen LogP contribution in [0.1, 0.15) is 12.5 Å². The van der Waals surface area contributed by atoms with Crippen molar-refractivity contribution in [1.82, 2.24) is 4.98 Å². The molecule has 0 fully saturated rings. The lowest BCUT2D eigenvalue weighted by molar-refractivity contribution is 0.344. The predicted octanol–water partition coefficient (Wildman–Crippen LogP) is 2.94. The van der Waals surface area contributed by atoms with Crippen molar-refractivity contribution in [3.63, 3.8) is 0 Å². The summed E-state index contributed by atoms with van der Waals surface area (Å²) in [6, 6.07) is 7.97. The maximum atomic E-state index is 5.56. The van der Waals surface area contributed by atoms with Gasteiger partial charge in [0.2, 0.25) is 0 Å². The van der Waals surface area contributed by atoms with Crippen molar-refractivity contribution in [1.29, 1.82) is 0 Å². The fraction of sp³-hybridized carbons (Fsp3) is 0.250. The minimum atomic E-state index is 0.688. The van der Waals surface area contributed by atoms with E-state index in [4.69, 9.17) is 4.74 Å². The Kier molecular flexibility index (Phi) is 2.35. The van der Waals surface area contributed by atoms with Crippen molar-refractivity contribution in [2.75, 3.05) is 6.61 Å². The molecule has 14 heavy (non-hydrogen) atoms. The number of hydrogen-bond acceptors (Lipinski definition) is 2. The molecule has 0 unspecified atom stereocenters.